The second kappa shape index (κ2) is 14.3. The number of alkyl halides is 3. The van der Waals surface area contributed by atoms with Crippen LogP contribution in [0.1, 0.15) is 71.1 Å². The van der Waals surface area contributed by atoms with Crippen molar-refractivity contribution >= 4 is 51.4 Å². The fourth-order valence-corrected chi connectivity index (χ4v) is 4.75. The lowest BCUT2D eigenvalue weighted by Gasteiger charge is -2.15. The number of H-pyrrole nitrogens is 1. The minimum atomic E-state index is -4.49. The van der Waals surface area contributed by atoms with Crippen LogP contribution in [0.15, 0.2) is 70.4 Å². The van der Waals surface area contributed by atoms with Crippen LogP contribution in [0.3, 0.4) is 0 Å². The first-order valence-electron chi connectivity index (χ1n) is 14.6. The number of carbonyl (C=O) groups excluding carboxylic acids is 1. The molecule has 0 saturated carbocycles. The number of nitrogens with one attached hydrogen (secondary N) is 3. The van der Waals surface area contributed by atoms with Gasteiger partial charge in [0, 0.05) is 61.8 Å². The van der Waals surface area contributed by atoms with E-state index in [-0.39, 0.29) is 11.4 Å². The smallest absolute Gasteiger partial charge is 0.398 e. The number of hydrogen-bond donors (Lipinski definition) is 5. The van der Waals surface area contributed by atoms with E-state index in [0.29, 0.717) is 56.1 Å². The van der Waals surface area contributed by atoms with E-state index < -0.39 is 17.7 Å². The Balaban J connectivity index is 2.36. The quantitative estimate of drug-likeness (QED) is 0.0962. The van der Waals surface area contributed by atoms with E-state index in [9.17, 15) is 18.0 Å². The summed E-state index contributed by atoms with van der Waals surface area (Å²) in [7, 11) is 0. The third kappa shape index (κ3) is 8.00. The third-order valence-electron chi connectivity index (χ3n) is 7.66. The Labute approximate surface area is 261 Å². The van der Waals surface area contributed by atoms with E-state index in [4.69, 9.17) is 21.9 Å². The summed E-state index contributed by atoms with van der Waals surface area (Å²) in [6, 6.07) is 8.93. The Kier molecular flexibility index (Phi) is 11.0. The summed E-state index contributed by atoms with van der Waals surface area (Å²) in [5.41, 5.74) is 17.5. The first-order valence-corrected chi connectivity index (χ1v) is 14.6. The highest BCUT2D eigenvalue weighted by atomic mass is 19.4. The van der Waals surface area contributed by atoms with Crippen LogP contribution in [-0.2, 0) is 4.79 Å². The lowest BCUT2D eigenvalue weighted by atomic mass is 10.0. The lowest BCUT2D eigenvalue weighted by Crippen LogP contribution is -2.32. The zero-order valence-corrected chi connectivity index (χ0v) is 26.8. The van der Waals surface area contributed by atoms with Crippen LogP contribution < -0.4 is 27.4 Å². The number of aromatic nitrogens is 1. The molecule has 0 fully saturated rings. The first-order chi connectivity index (χ1) is 21.1. The number of nitrogen functional groups attached to an aromatic ring is 1. The molecule has 3 rings (SSSR count). The van der Waals surface area contributed by atoms with Crippen LogP contribution in [0.25, 0.3) is 22.2 Å². The molecule has 0 atom stereocenters. The van der Waals surface area contributed by atoms with Crippen molar-refractivity contribution in [3.8, 4) is 0 Å². The van der Waals surface area contributed by atoms with Crippen molar-refractivity contribution < 1.29 is 18.0 Å². The number of benzene rings is 2. The summed E-state index contributed by atoms with van der Waals surface area (Å²) in [5.74, 6) is -0.776. The Morgan fingerprint density at radius 1 is 1.07 bits per heavy atom. The number of nitrogens with zero attached hydrogens (tertiary/aromatic N) is 1. The van der Waals surface area contributed by atoms with Gasteiger partial charge in [-0.2, -0.15) is 13.2 Å². The fraction of sp³-hybridized carbons (Fsp3) is 0.286. The number of carbonyl (C=O) groups is 1. The lowest BCUT2D eigenvalue weighted by molar-refractivity contribution is -0.113. The van der Waals surface area contributed by atoms with Crippen LogP contribution in [0.2, 0.25) is 0 Å². The number of anilines is 2. The van der Waals surface area contributed by atoms with Crippen LogP contribution in [0, 0.1) is 12.3 Å². The average molecular weight is 619 g/mol. The molecule has 0 aliphatic carbocycles. The van der Waals surface area contributed by atoms with Crippen molar-refractivity contribution in [1.82, 2.24) is 4.98 Å². The number of aliphatic imine (C=N–C) groups is 1. The van der Waals surface area contributed by atoms with E-state index in [1.54, 1.807) is 37.3 Å². The predicted octanol–water partition coefficient (Wildman–Crippen LogP) is 6.90. The topological polar surface area (TPSA) is 133 Å². The number of hydrogen-bond acceptors (Lipinski definition) is 5. The molecular formula is C35H41F3N6O. The maximum Gasteiger partial charge on any atom is 0.412 e. The van der Waals surface area contributed by atoms with Crippen LogP contribution in [0.4, 0.5) is 24.5 Å². The summed E-state index contributed by atoms with van der Waals surface area (Å²) < 4.78 is 40.5. The molecule has 1 amide bonds. The number of rotatable bonds is 10. The van der Waals surface area contributed by atoms with Gasteiger partial charge in [0.25, 0.3) is 5.91 Å². The van der Waals surface area contributed by atoms with Gasteiger partial charge in [0.15, 0.2) is 5.70 Å². The van der Waals surface area contributed by atoms with Gasteiger partial charge >= 0.3 is 6.18 Å². The molecule has 45 heavy (non-hydrogen) atoms. The molecule has 0 aliphatic heterocycles. The number of primary amides is 1. The number of aromatic amines is 1. The number of nitrogens with two attached hydrogens (primary N) is 2. The highest BCUT2D eigenvalue weighted by molar-refractivity contribution is 6.17. The SMILES string of the molecule is CC/C(C)=C/C=C(\C=C(/C)C(F)(F)F)Nc1cc(C)ccc1C(C)=N/C(C(N)=O)=c1/[nH]c2ccc(N)c(C=N)c2/c1=C(/C)CC. The highest BCUT2D eigenvalue weighted by Crippen LogP contribution is 2.28. The second-order valence-corrected chi connectivity index (χ2v) is 11.0. The van der Waals surface area contributed by atoms with Gasteiger partial charge in [0.1, 0.15) is 0 Å². The Hall–Kier alpha value is -4.86. The summed E-state index contributed by atoms with van der Waals surface area (Å²) in [4.78, 5) is 21.0. The number of halogens is 3. The van der Waals surface area contributed by atoms with Crippen molar-refractivity contribution in [3.05, 3.63) is 92.7 Å². The van der Waals surface area contributed by atoms with E-state index in [1.165, 1.54) is 6.21 Å². The van der Waals surface area contributed by atoms with Crippen LogP contribution >= 0.6 is 0 Å². The normalized spacial score (nSPS) is 14.9. The van der Waals surface area contributed by atoms with Gasteiger partial charge in [-0.15, -0.1) is 0 Å². The average Bonchev–Trinajstić information content (AvgIpc) is 3.36. The molecule has 1 aromatic heterocycles. The fourth-order valence-electron chi connectivity index (χ4n) is 4.75. The molecule has 0 spiro atoms. The van der Waals surface area contributed by atoms with Gasteiger partial charge in [0.05, 0.1) is 5.35 Å². The molecule has 0 aliphatic rings. The zero-order chi connectivity index (χ0) is 33.6. The molecular weight excluding hydrogens is 577 g/mol. The molecule has 2 aromatic carbocycles. The van der Waals surface area contributed by atoms with Gasteiger partial charge in [-0.1, -0.05) is 43.2 Å². The Morgan fingerprint density at radius 2 is 1.76 bits per heavy atom. The maximum absolute atomic E-state index is 13.5. The summed E-state index contributed by atoms with van der Waals surface area (Å²) in [6.07, 6.45) is 2.54. The minimum absolute atomic E-state index is 0.0300. The molecule has 10 heteroatoms. The number of amides is 1. The molecule has 0 saturated heterocycles. The van der Waals surface area contributed by atoms with Gasteiger partial charge in [0.2, 0.25) is 0 Å². The van der Waals surface area contributed by atoms with Crippen LogP contribution in [-0.4, -0.2) is 29.0 Å². The maximum atomic E-state index is 13.5. The zero-order valence-electron chi connectivity index (χ0n) is 26.8. The first kappa shape index (κ1) is 34.6. The van der Waals surface area contributed by atoms with Crippen molar-refractivity contribution in [2.75, 3.05) is 11.1 Å². The summed E-state index contributed by atoms with van der Waals surface area (Å²) in [5, 5.41) is 12.9. The predicted molar refractivity (Wildman–Crippen MR) is 181 cm³/mol. The number of allylic oxidation sites excluding steroid dienone is 5. The van der Waals surface area contributed by atoms with Crippen LogP contribution in [0.5, 0.6) is 0 Å². The highest BCUT2D eigenvalue weighted by Gasteiger charge is 2.30. The van der Waals surface area contributed by atoms with E-state index in [2.05, 4.69) is 10.3 Å². The standard InChI is InChI=1S/C35H41F3N6O/c1-8-19(3)10-12-24(17-22(6)35(36,37)38)43-29-16-20(4)11-13-25(29)23(7)42-33(34(41)45)32-30(21(5)9-2)31-26(18-39)27(40)14-15-28(31)44-32/h10-18,39,43-44H,8-9,40H2,1-7H3,(H2,41,45)/b19-10+,22-17+,24-12+,30-21+,33-32+,39-18?,42-23?. The Morgan fingerprint density at radius 3 is 2.33 bits per heavy atom. The van der Waals surface area contributed by atoms with Crippen molar-refractivity contribution in [2.45, 2.75) is 67.5 Å². The third-order valence-corrected chi connectivity index (χ3v) is 7.66. The largest absolute Gasteiger partial charge is 0.412 e. The van der Waals surface area contributed by atoms with Gasteiger partial charge in [-0.05, 0) is 83.4 Å². The van der Waals surface area contributed by atoms with Gasteiger partial charge < -0.3 is 27.2 Å². The molecule has 7 nitrogen and oxygen atoms in total. The molecule has 3 aromatic rings. The number of fused-ring (bicyclic) bond motifs is 1. The molecule has 7 N–H and O–H groups in total. The number of aryl methyl sites for hydroxylation is 1. The van der Waals surface area contributed by atoms with E-state index in [0.717, 1.165) is 36.1 Å². The molecule has 238 valence electrons. The molecule has 1 heterocycles. The molecule has 0 unspecified atom stereocenters. The summed E-state index contributed by atoms with van der Waals surface area (Å²) >= 11 is 0. The monoisotopic (exact) mass is 618 g/mol. The second-order valence-electron chi connectivity index (χ2n) is 11.0. The Bertz CT molecular complexity index is 1890. The van der Waals surface area contributed by atoms with E-state index >= 15 is 0 Å². The van der Waals surface area contributed by atoms with Gasteiger partial charge in [-0.3, -0.25) is 4.79 Å². The molecule has 0 radical (unpaired) electrons. The van der Waals surface area contributed by atoms with Crippen molar-refractivity contribution in [1.29, 1.82) is 5.41 Å². The summed E-state index contributed by atoms with van der Waals surface area (Å²) in [6.45, 7) is 12.4. The molecule has 0 bridgehead atoms. The minimum Gasteiger partial charge on any atom is -0.398 e. The van der Waals surface area contributed by atoms with Gasteiger partial charge in [-0.25, -0.2) is 4.99 Å². The van der Waals surface area contributed by atoms with Crippen molar-refractivity contribution in [3.63, 3.8) is 0 Å². The van der Waals surface area contributed by atoms with Crippen molar-refractivity contribution in [2.24, 2.45) is 10.7 Å². The van der Waals surface area contributed by atoms with E-state index in [1.807, 2.05) is 46.8 Å².